The van der Waals surface area contributed by atoms with Crippen LogP contribution < -0.4 is 5.32 Å². The molecule has 2 aliphatic heterocycles. The SMILES string of the molecule is COCc1cccc(CNC(=O)C2=CN3CCS(=O)(=O)N=C3C=C2)c1. The van der Waals surface area contributed by atoms with Gasteiger partial charge in [-0.1, -0.05) is 24.3 Å². The summed E-state index contributed by atoms with van der Waals surface area (Å²) in [5.41, 5.74) is 2.49. The molecule has 0 atom stereocenters. The van der Waals surface area contributed by atoms with Gasteiger partial charge in [-0.15, -0.1) is 4.40 Å². The van der Waals surface area contributed by atoms with E-state index in [1.54, 1.807) is 30.4 Å². The highest BCUT2D eigenvalue weighted by Gasteiger charge is 2.24. The monoisotopic (exact) mass is 361 g/mol. The lowest BCUT2D eigenvalue weighted by atomic mass is 10.1. The van der Waals surface area contributed by atoms with Gasteiger partial charge >= 0.3 is 0 Å². The molecule has 1 amide bonds. The molecule has 2 heterocycles. The van der Waals surface area contributed by atoms with Gasteiger partial charge in [0.2, 0.25) is 0 Å². The van der Waals surface area contributed by atoms with Gasteiger partial charge < -0.3 is 15.0 Å². The molecular weight excluding hydrogens is 342 g/mol. The molecule has 0 unspecified atom stereocenters. The maximum absolute atomic E-state index is 12.3. The number of hydrogen-bond donors (Lipinski definition) is 1. The van der Waals surface area contributed by atoms with Gasteiger partial charge in [-0.3, -0.25) is 4.79 Å². The molecule has 0 aromatic heterocycles. The van der Waals surface area contributed by atoms with Crippen molar-refractivity contribution in [1.82, 2.24) is 10.2 Å². The van der Waals surface area contributed by atoms with Crippen LogP contribution in [-0.2, 0) is 32.7 Å². The molecule has 2 aliphatic rings. The van der Waals surface area contributed by atoms with Gasteiger partial charge in [0.25, 0.3) is 15.9 Å². The van der Waals surface area contributed by atoms with E-state index >= 15 is 0 Å². The van der Waals surface area contributed by atoms with Crippen LogP contribution in [0.25, 0.3) is 0 Å². The van der Waals surface area contributed by atoms with Crippen molar-refractivity contribution < 1.29 is 17.9 Å². The van der Waals surface area contributed by atoms with Crippen molar-refractivity contribution in [1.29, 1.82) is 0 Å². The minimum absolute atomic E-state index is 0.0535. The van der Waals surface area contributed by atoms with Crippen LogP contribution in [0.2, 0.25) is 0 Å². The number of nitrogens with one attached hydrogen (secondary N) is 1. The molecule has 0 bridgehead atoms. The van der Waals surface area contributed by atoms with Crippen LogP contribution in [0, 0.1) is 0 Å². The number of rotatable bonds is 5. The molecule has 3 rings (SSSR count). The topological polar surface area (TPSA) is 88.1 Å². The fraction of sp³-hybridized carbons (Fsp3) is 0.294. The second-order valence-electron chi connectivity index (χ2n) is 5.78. The van der Waals surface area contributed by atoms with Crippen molar-refractivity contribution in [3.8, 4) is 0 Å². The molecule has 0 spiro atoms. The van der Waals surface area contributed by atoms with Gasteiger partial charge in [-0.2, -0.15) is 0 Å². The molecular formula is C17H19N3O4S. The van der Waals surface area contributed by atoms with Crippen LogP contribution in [0.3, 0.4) is 0 Å². The Balaban J connectivity index is 1.64. The van der Waals surface area contributed by atoms with E-state index in [9.17, 15) is 13.2 Å². The molecule has 0 fully saturated rings. The number of sulfonamides is 1. The van der Waals surface area contributed by atoms with Crippen LogP contribution in [-0.4, -0.2) is 44.5 Å². The molecule has 0 aliphatic carbocycles. The fourth-order valence-electron chi connectivity index (χ4n) is 2.62. The standard InChI is InChI=1S/C17H19N3O4S/c1-24-12-14-4-2-3-13(9-14)10-18-17(21)15-5-6-16-19-25(22,23)8-7-20(16)11-15/h2-6,9,11H,7-8,10,12H2,1H3,(H,18,21). The van der Waals surface area contributed by atoms with Crippen molar-refractivity contribution in [2.24, 2.45) is 4.40 Å². The molecule has 132 valence electrons. The number of carbonyl (C=O) groups is 1. The summed E-state index contributed by atoms with van der Waals surface area (Å²) in [6.45, 7) is 1.22. The Morgan fingerprint density at radius 2 is 2.12 bits per heavy atom. The number of amides is 1. The van der Waals surface area contributed by atoms with E-state index in [0.29, 0.717) is 31.1 Å². The van der Waals surface area contributed by atoms with Gasteiger partial charge in [-0.05, 0) is 23.3 Å². The highest BCUT2D eigenvalue weighted by molar-refractivity contribution is 7.90. The Bertz CT molecular complexity index is 872. The lowest BCUT2D eigenvalue weighted by molar-refractivity contribution is -0.117. The number of hydrogen-bond acceptors (Lipinski definition) is 5. The maximum atomic E-state index is 12.3. The highest BCUT2D eigenvalue weighted by Crippen LogP contribution is 2.16. The zero-order valence-corrected chi connectivity index (χ0v) is 14.6. The van der Waals surface area contributed by atoms with E-state index in [-0.39, 0.29) is 11.7 Å². The van der Waals surface area contributed by atoms with Crippen molar-refractivity contribution in [3.05, 3.63) is 59.3 Å². The average Bonchev–Trinajstić information content (AvgIpc) is 2.59. The van der Waals surface area contributed by atoms with Crippen molar-refractivity contribution in [3.63, 3.8) is 0 Å². The first-order valence-corrected chi connectivity index (χ1v) is 9.42. The number of fused-ring (bicyclic) bond motifs is 1. The van der Waals surface area contributed by atoms with Gasteiger partial charge in [0.05, 0.1) is 17.9 Å². The third kappa shape index (κ3) is 4.34. The zero-order chi connectivity index (χ0) is 17.9. The summed E-state index contributed by atoms with van der Waals surface area (Å²) in [6, 6.07) is 7.80. The van der Waals surface area contributed by atoms with Crippen molar-refractivity contribution in [2.75, 3.05) is 19.4 Å². The van der Waals surface area contributed by atoms with E-state index in [4.69, 9.17) is 4.74 Å². The second-order valence-corrected chi connectivity index (χ2v) is 7.54. The molecule has 0 radical (unpaired) electrons. The van der Waals surface area contributed by atoms with Crippen molar-refractivity contribution in [2.45, 2.75) is 13.2 Å². The first-order chi connectivity index (χ1) is 12.0. The molecule has 1 aromatic rings. The Labute approximate surface area is 146 Å². The van der Waals surface area contributed by atoms with Crippen LogP contribution in [0.5, 0.6) is 0 Å². The minimum atomic E-state index is -3.39. The van der Waals surface area contributed by atoms with Gasteiger partial charge in [-0.25, -0.2) is 8.42 Å². The predicted molar refractivity (Wildman–Crippen MR) is 94.2 cm³/mol. The average molecular weight is 361 g/mol. The first kappa shape index (κ1) is 17.4. The van der Waals surface area contributed by atoms with Gasteiger partial charge in [0.1, 0.15) is 5.84 Å². The molecule has 1 aromatic carbocycles. The van der Waals surface area contributed by atoms with Crippen LogP contribution in [0.15, 0.2) is 52.6 Å². The number of carbonyl (C=O) groups excluding carboxylic acids is 1. The van der Waals surface area contributed by atoms with Gasteiger partial charge in [0.15, 0.2) is 0 Å². The normalized spacial score (nSPS) is 18.2. The molecule has 8 heteroatoms. The summed E-state index contributed by atoms with van der Waals surface area (Å²) in [7, 11) is -1.75. The predicted octanol–water partition coefficient (Wildman–Crippen LogP) is 0.947. The molecule has 0 saturated carbocycles. The van der Waals surface area contributed by atoms with E-state index in [1.165, 1.54) is 0 Å². The number of amidine groups is 1. The van der Waals surface area contributed by atoms with E-state index in [0.717, 1.165) is 11.1 Å². The Kier molecular flexibility index (Phi) is 5.00. The summed E-state index contributed by atoms with van der Waals surface area (Å²) < 4.78 is 31.8. The molecule has 1 N–H and O–H groups in total. The minimum Gasteiger partial charge on any atom is -0.380 e. The Hall–Kier alpha value is -2.45. The van der Waals surface area contributed by atoms with Gasteiger partial charge in [0, 0.05) is 26.4 Å². The number of ether oxygens (including phenoxy) is 1. The van der Waals surface area contributed by atoms with E-state index < -0.39 is 10.0 Å². The number of nitrogens with zero attached hydrogens (tertiary/aromatic N) is 2. The largest absolute Gasteiger partial charge is 0.380 e. The third-order valence-electron chi connectivity index (χ3n) is 3.84. The molecule has 0 saturated heterocycles. The zero-order valence-electron chi connectivity index (χ0n) is 13.8. The summed E-state index contributed by atoms with van der Waals surface area (Å²) in [5.74, 6) is 0.0677. The summed E-state index contributed by atoms with van der Waals surface area (Å²) in [5, 5.41) is 2.87. The molecule has 7 nitrogen and oxygen atoms in total. The fourth-order valence-corrected chi connectivity index (χ4v) is 3.59. The second kappa shape index (κ2) is 7.20. The van der Waals surface area contributed by atoms with E-state index in [2.05, 4.69) is 9.71 Å². The third-order valence-corrected chi connectivity index (χ3v) is 5.01. The Morgan fingerprint density at radius 3 is 2.92 bits per heavy atom. The maximum Gasteiger partial charge on any atom is 0.256 e. The first-order valence-electron chi connectivity index (χ1n) is 7.81. The smallest absolute Gasteiger partial charge is 0.256 e. The van der Waals surface area contributed by atoms with Crippen LogP contribution in [0.4, 0.5) is 0 Å². The number of benzene rings is 1. The quantitative estimate of drug-likeness (QED) is 0.843. The van der Waals surface area contributed by atoms with Crippen LogP contribution in [0.1, 0.15) is 11.1 Å². The lowest BCUT2D eigenvalue weighted by Gasteiger charge is -2.26. The van der Waals surface area contributed by atoms with Crippen LogP contribution >= 0.6 is 0 Å². The summed E-state index contributed by atoms with van der Waals surface area (Å²) >= 11 is 0. The number of methoxy groups -OCH3 is 1. The lowest BCUT2D eigenvalue weighted by Crippen LogP contribution is -2.38. The Morgan fingerprint density at radius 1 is 1.32 bits per heavy atom. The summed E-state index contributed by atoms with van der Waals surface area (Å²) in [6.07, 6.45) is 4.75. The summed E-state index contributed by atoms with van der Waals surface area (Å²) in [4.78, 5) is 14.0. The van der Waals surface area contributed by atoms with Crippen molar-refractivity contribution >= 4 is 21.8 Å². The van der Waals surface area contributed by atoms with E-state index in [1.807, 2.05) is 24.3 Å². The molecule has 25 heavy (non-hydrogen) atoms. The highest BCUT2D eigenvalue weighted by atomic mass is 32.2.